The number of fused-ring (bicyclic) bond motifs is 2. The zero-order valence-electron chi connectivity index (χ0n) is 13.5. The summed E-state index contributed by atoms with van der Waals surface area (Å²) < 4.78 is 1.51. The number of nitrogens with zero attached hydrogens (tertiary/aromatic N) is 2. The second kappa shape index (κ2) is 6.94. The first-order valence-electron chi connectivity index (χ1n) is 7.65. The molecule has 3 N–H and O–H groups in total. The minimum Gasteiger partial charge on any atom is -0.351 e. The SMILES string of the molecule is CCn1c(SCC(=O)NC(N)=O)nc2cc3ccccc3cc2c1=O. The van der Waals surface area contributed by atoms with E-state index in [1.807, 2.05) is 48.6 Å². The summed E-state index contributed by atoms with van der Waals surface area (Å²) in [7, 11) is 0. The van der Waals surface area contributed by atoms with E-state index in [1.165, 1.54) is 4.57 Å². The third-order valence-electron chi connectivity index (χ3n) is 3.70. The highest BCUT2D eigenvalue weighted by Crippen LogP contribution is 2.22. The number of carbonyl (C=O) groups is 2. The van der Waals surface area contributed by atoms with Gasteiger partial charge in [0.2, 0.25) is 5.91 Å². The lowest BCUT2D eigenvalue weighted by Gasteiger charge is -2.11. The van der Waals surface area contributed by atoms with Crippen molar-refractivity contribution < 1.29 is 9.59 Å². The summed E-state index contributed by atoms with van der Waals surface area (Å²) in [4.78, 5) is 39.6. The lowest BCUT2D eigenvalue weighted by Crippen LogP contribution is -2.36. The lowest BCUT2D eigenvalue weighted by atomic mass is 10.1. The predicted molar refractivity (Wildman–Crippen MR) is 97.6 cm³/mol. The van der Waals surface area contributed by atoms with Gasteiger partial charge in [0.1, 0.15) is 0 Å². The molecular formula is C17H16N4O3S. The smallest absolute Gasteiger partial charge is 0.318 e. The van der Waals surface area contributed by atoms with Crippen molar-refractivity contribution in [3.63, 3.8) is 0 Å². The fourth-order valence-corrected chi connectivity index (χ4v) is 3.44. The fraction of sp³-hybridized carbons (Fsp3) is 0.176. The van der Waals surface area contributed by atoms with Gasteiger partial charge < -0.3 is 5.73 Å². The lowest BCUT2D eigenvalue weighted by molar-refractivity contribution is -0.117. The quantitative estimate of drug-likeness (QED) is 0.421. The summed E-state index contributed by atoms with van der Waals surface area (Å²) >= 11 is 1.09. The summed E-state index contributed by atoms with van der Waals surface area (Å²) in [6, 6.07) is 10.5. The highest BCUT2D eigenvalue weighted by molar-refractivity contribution is 7.99. The van der Waals surface area contributed by atoms with Crippen molar-refractivity contribution in [2.24, 2.45) is 5.73 Å². The Labute approximate surface area is 147 Å². The van der Waals surface area contributed by atoms with Gasteiger partial charge in [-0.15, -0.1) is 0 Å². The molecular weight excluding hydrogens is 340 g/mol. The van der Waals surface area contributed by atoms with E-state index in [4.69, 9.17) is 5.73 Å². The summed E-state index contributed by atoms with van der Waals surface area (Å²) in [5.41, 5.74) is 5.34. The van der Waals surface area contributed by atoms with E-state index < -0.39 is 11.9 Å². The van der Waals surface area contributed by atoms with Crippen molar-refractivity contribution in [2.45, 2.75) is 18.6 Å². The normalized spacial score (nSPS) is 10.9. The Morgan fingerprint density at radius 1 is 1.24 bits per heavy atom. The average molecular weight is 356 g/mol. The average Bonchev–Trinajstić information content (AvgIpc) is 2.58. The third kappa shape index (κ3) is 3.48. The number of amides is 3. The van der Waals surface area contributed by atoms with Crippen LogP contribution in [0.2, 0.25) is 0 Å². The van der Waals surface area contributed by atoms with Gasteiger partial charge in [0.25, 0.3) is 5.56 Å². The number of benzene rings is 2. The molecule has 3 amide bonds. The van der Waals surface area contributed by atoms with Crippen LogP contribution in [0.4, 0.5) is 4.79 Å². The van der Waals surface area contributed by atoms with E-state index in [1.54, 1.807) is 0 Å². The van der Waals surface area contributed by atoms with E-state index in [2.05, 4.69) is 4.98 Å². The first-order valence-corrected chi connectivity index (χ1v) is 8.63. The summed E-state index contributed by atoms with van der Waals surface area (Å²) in [5.74, 6) is -0.595. The zero-order chi connectivity index (χ0) is 18.0. The van der Waals surface area contributed by atoms with Crippen LogP contribution in [-0.2, 0) is 11.3 Å². The van der Waals surface area contributed by atoms with Crippen LogP contribution in [0.3, 0.4) is 0 Å². The number of hydrogen-bond acceptors (Lipinski definition) is 5. The Morgan fingerprint density at radius 3 is 2.56 bits per heavy atom. The van der Waals surface area contributed by atoms with Crippen LogP contribution in [0.5, 0.6) is 0 Å². The van der Waals surface area contributed by atoms with Crippen LogP contribution in [0, 0.1) is 0 Å². The van der Waals surface area contributed by atoms with Gasteiger partial charge in [0.15, 0.2) is 5.16 Å². The molecule has 0 aliphatic carbocycles. The van der Waals surface area contributed by atoms with Crippen LogP contribution < -0.4 is 16.6 Å². The zero-order valence-corrected chi connectivity index (χ0v) is 14.3. The third-order valence-corrected chi connectivity index (χ3v) is 4.67. The molecule has 0 radical (unpaired) electrons. The number of imide groups is 1. The molecule has 0 spiro atoms. The number of urea groups is 1. The van der Waals surface area contributed by atoms with Gasteiger partial charge >= 0.3 is 6.03 Å². The van der Waals surface area contributed by atoms with E-state index in [0.29, 0.717) is 22.6 Å². The molecule has 0 aliphatic rings. The van der Waals surface area contributed by atoms with Crippen LogP contribution in [0.25, 0.3) is 21.7 Å². The molecule has 0 saturated carbocycles. The number of nitrogens with one attached hydrogen (secondary N) is 1. The van der Waals surface area contributed by atoms with Gasteiger partial charge in [0, 0.05) is 6.54 Å². The predicted octanol–water partition coefficient (Wildman–Crippen LogP) is 1.86. The van der Waals surface area contributed by atoms with Crippen LogP contribution in [0.15, 0.2) is 46.3 Å². The molecule has 0 unspecified atom stereocenters. The Hall–Kier alpha value is -2.87. The largest absolute Gasteiger partial charge is 0.351 e. The number of aromatic nitrogens is 2. The molecule has 0 aliphatic heterocycles. The van der Waals surface area contributed by atoms with Crippen molar-refractivity contribution in [2.75, 3.05) is 5.75 Å². The molecule has 8 heteroatoms. The maximum absolute atomic E-state index is 12.8. The molecule has 3 aromatic rings. The van der Waals surface area contributed by atoms with Gasteiger partial charge in [-0.3, -0.25) is 19.5 Å². The molecule has 25 heavy (non-hydrogen) atoms. The van der Waals surface area contributed by atoms with Crippen molar-refractivity contribution >= 4 is 45.4 Å². The van der Waals surface area contributed by atoms with E-state index in [9.17, 15) is 14.4 Å². The van der Waals surface area contributed by atoms with E-state index >= 15 is 0 Å². The molecule has 7 nitrogen and oxygen atoms in total. The number of carbonyl (C=O) groups excluding carboxylic acids is 2. The number of nitrogens with two attached hydrogens (primary N) is 1. The van der Waals surface area contributed by atoms with E-state index in [-0.39, 0.29) is 11.3 Å². The van der Waals surface area contributed by atoms with Crippen LogP contribution >= 0.6 is 11.8 Å². The molecule has 128 valence electrons. The summed E-state index contributed by atoms with van der Waals surface area (Å²) in [6.07, 6.45) is 0. The van der Waals surface area contributed by atoms with Crippen molar-refractivity contribution in [1.82, 2.24) is 14.9 Å². The van der Waals surface area contributed by atoms with Crippen molar-refractivity contribution in [3.05, 3.63) is 46.8 Å². The highest BCUT2D eigenvalue weighted by atomic mass is 32.2. The summed E-state index contributed by atoms with van der Waals surface area (Å²) in [5, 5.41) is 4.90. The Kier molecular flexibility index (Phi) is 4.71. The van der Waals surface area contributed by atoms with Gasteiger partial charge in [0.05, 0.1) is 16.7 Å². The minimum atomic E-state index is -0.906. The van der Waals surface area contributed by atoms with Gasteiger partial charge in [-0.2, -0.15) is 0 Å². The Bertz CT molecular complexity index is 1050. The molecule has 3 rings (SSSR count). The number of rotatable bonds is 4. The maximum Gasteiger partial charge on any atom is 0.318 e. The topological polar surface area (TPSA) is 107 Å². The molecule has 0 atom stereocenters. The molecule has 1 heterocycles. The molecule has 1 aromatic heterocycles. The standard InChI is InChI=1S/C17H16N4O3S/c1-2-21-15(23)12-7-10-5-3-4-6-11(10)8-13(12)19-17(21)25-9-14(22)20-16(18)24/h3-8H,2,9H2,1H3,(H3,18,20,22,24). The van der Waals surface area contributed by atoms with Crippen LogP contribution in [0.1, 0.15) is 6.92 Å². The second-order valence-electron chi connectivity index (χ2n) is 5.36. The molecule has 0 fully saturated rings. The van der Waals surface area contributed by atoms with Gasteiger partial charge in [-0.05, 0) is 29.8 Å². The maximum atomic E-state index is 12.8. The van der Waals surface area contributed by atoms with Crippen molar-refractivity contribution in [1.29, 1.82) is 0 Å². The van der Waals surface area contributed by atoms with E-state index in [0.717, 1.165) is 22.5 Å². The Balaban J connectivity index is 2.05. The summed E-state index contributed by atoms with van der Waals surface area (Å²) in [6.45, 7) is 2.26. The van der Waals surface area contributed by atoms with Gasteiger partial charge in [-0.25, -0.2) is 9.78 Å². The molecule has 0 saturated heterocycles. The second-order valence-corrected chi connectivity index (χ2v) is 6.30. The number of primary amides is 1. The highest BCUT2D eigenvalue weighted by Gasteiger charge is 2.13. The first kappa shape index (κ1) is 17.0. The first-order chi connectivity index (χ1) is 12.0. The Morgan fingerprint density at radius 2 is 1.92 bits per heavy atom. The number of thioether (sulfide) groups is 1. The monoisotopic (exact) mass is 356 g/mol. The number of hydrogen-bond donors (Lipinski definition) is 2. The van der Waals surface area contributed by atoms with Gasteiger partial charge in [-0.1, -0.05) is 36.0 Å². The molecule has 0 bridgehead atoms. The van der Waals surface area contributed by atoms with Crippen LogP contribution in [-0.4, -0.2) is 27.2 Å². The van der Waals surface area contributed by atoms with Crippen molar-refractivity contribution in [3.8, 4) is 0 Å². The molecule has 2 aromatic carbocycles. The fourth-order valence-electron chi connectivity index (χ4n) is 2.58. The minimum absolute atomic E-state index is 0.0610.